The molecule has 75 heavy (non-hydrogen) atoms. The van der Waals surface area contributed by atoms with Crippen molar-refractivity contribution in [3.63, 3.8) is 0 Å². The molecule has 4 aromatic rings. The van der Waals surface area contributed by atoms with Crippen molar-refractivity contribution in [2.75, 3.05) is 52.9 Å². The van der Waals surface area contributed by atoms with Gasteiger partial charge in [0.25, 0.3) is 5.91 Å². The molecule has 3 aliphatic rings. The average molecular weight is 1020 g/mol. The van der Waals surface area contributed by atoms with Crippen LogP contribution < -0.4 is 5.43 Å². The fourth-order valence-corrected chi connectivity index (χ4v) is 11.2. The molecule has 9 nitrogen and oxygen atoms in total. The first kappa shape index (κ1) is 60.0. The number of rotatable bonds is 22. The van der Waals surface area contributed by atoms with E-state index in [0.717, 1.165) is 100 Å². The second kappa shape index (κ2) is 28.9. The fraction of sp³-hybridized carbons (Fsp3) is 0.515. The van der Waals surface area contributed by atoms with E-state index in [0.29, 0.717) is 19.0 Å². The number of amides is 1. The summed E-state index contributed by atoms with van der Waals surface area (Å²) < 4.78 is 2.54. The Balaban J connectivity index is 0.00000105. The predicted molar refractivity (Wildman–Crippen MR) is 321 cm³/mol. The molecule has 0 aliphatic carbocycles. The Morgan fingerprint density at radius 3 is 2.32 bits per heavy atom. The van der Waals surface area contributed by atoms with Gasteiger partial charge in [-0.25, -0.2) is 0 Å². The van der Waals surface area contributed by atoms with Crippen molar-refractivity contribution >= 4 is 16.8 Å². The molecule has 0 bridgehead atoms. The summed E-state index contributed by atoms with van der Waals surface area (Å²) in [6, 6.07) is 20.6. The summed E-state index contributed by atoms with van der Waals surface area (Å²) in [7, 11) is 2.19. The van der Waals surface area contributed by atoms with Gasteiger partial charge in [0, 0.05) is 79.0 Å². The molecule has 406 valence electrons. The van der Waals surface area contributed by atoms with Gasteiger partial charge in [-0.3, -0.25) is 14.8 Å². The number of hydrogen-bond donors (Lipinski definition) is 1. The zero-order valence-electron chi connectivity index (χ0n) is 48.5. The van der Waals surface area contributed by atoms with E-state index in [4.69, 9.17) is 18.0 Å². The number of benzene rings is 2. The number of carbonyl (C=O) groups excluding carboxylic acids is 1. The number of hydrazine groups is 2. The standard InChI is InChI=1S/C58H77N7O.C6H13N.C2H6/c1-14-19-23-46-24-20-25-48(38-46)49-27-28-53-51(39-49)52(57(62(53)18-5)50-26-21-33-59-55(50)42(8)15-2)40-58(12,13)32-29-43(9)64-34-22-35-65(64)60-44(10)56(41(6)7)63-37-31-47(45(63)11)30-36-61(17-4)54(66)16-3;1-7-5-3-2-4-6-7;1-2/h3,14,20-21,24-28,30,33,38-39,41-42,56,60H,1,9-11,15,17-19,22-23,29,31-32,34-37,40H2,2,4-8,12-13H3;2-6H2,1H3;1-2H3. The van der Waals surface area contributed by atoms with Gasteiger partial charge >= 0.3 is 0 Å². The van der Waals surface area contributed by atoms with Crippen molar-refractivity contribution in [1.82, 2.24) is 39.8 Å². The topological polar surface area (TPSA) is 63.1 Å². The lowest BCUT2D eigenvalue weighted by atomic mass is 9.79. The third kappa shape index (κ3) is 15.4. The molecular formula is C66H96N8O. The summed E-state index contributed by atoms with van der Waals surface area (Å²) in [6.45, 7) is 47.1. The smallest absolute Gasteiger partial charge is 0.298 e. The molecule has 2 unspecified atom stereocenters. The van der Waals surface area contributed by atoms with Crippen LogP contribution in [0.4, 0.5) is 0 Å². The second-order valence-electron chi connectivity index (χ2n) is 21.9. The number of aryl methyl sites for hydroxylation is 2. The van der Waals surface area contributed by atoms with Crippen LogP contribution in [0.3, 0.4) is 0 Å². The lowest BCUT2D eigenvalue weighted by molar-refractivity contribution is -0.124. The molecule has 5 heterocycles. The van der Waals surface area contributed by atoms with E-state index in [2.05, 4.69) is 172 Å². The van der Waals surface area contributed by atoms with E-state index in [9.17, 15) is 4.79 Å². The molecule has 1 N–H and O–H groups in total. The summed E-state index contributed by atoms with van der Waals surface area (Å²) >= 11 is 0. The van der Waals surface area contributed by atoms with Gasteiger partial charge in [-0.15, -0.1) is 18.1 Å². The minimum Gasteiger partial charge on any atom is -0.363 e. The van der Waals surface area contributed by atoms with Crippen LogP contribution in [0.2, 0.25) is 0 Å². The van der Waals surface area contributed by atoms with Crippen molar-refractivity contribution in [2.24, 2.45) is 11.3 Å². The number of nitrogens with one attached hydrogen (secondary N) is 1. The maximum absolute atomic E-state index is 12.2. The number of terminal acetylenes is 1. The first-order valence-electron chi connectivity index (χ1n) is 28.6. The number of nitrogens with zero attached hydrogens (tertiary/aromatic N) is 7. The molecule has 3 aliphatic heterocycles. The maximum Gasteiger partial charge on any atom is 0.298 e. The fourth-order valence-electron chi connectivity index (χ4n) is 11.2. The monoisotopic (exact) mass is 1020 g/mol. The van der Waals surface area contributed by atoms with Crippen LogP contribution in [0.1, 0.15) is 150 Å². The Labute approximate surface area is 455 Å². The van der Waals surface area contributed by atoms with Gasteiger partial charge in [0.2, 0.25) is 0 Å². The minimum atomic E-state index is -0.287. The van der Waals surface area contributed by atoms with Crippen molar-refractivity contribution in [3.8, 4) is 34.7 Å². The SMILES string of the molecule is C#CC(=O)N(CC)CC=C1CCN(C(C(=C)NN2CCCN2C(=C)CCC(C)(C)Cc2c(-c3cccnc3C(C)CC)n(CC)c3ccc(-c4cccc(CCC=C)c4)cc23)C(C)C)C1=C.CC.CN1CCCCC1. The first-order valence-corrected chi connectivity index (χ1v) is 28.6. The molecule has 2 atom stereocenters. The number of likely N-dealkylation sites (N-methyl/N-ethyl adjacent to an activating group) is 1. The quantitative estimate of drug-likeness (QED) is 0.0622. The number of carbonyl (C=O) groups is 1. The molecule has 0 spiro atoms. The van der Waals surface area contributed by atoms with Crippen molar-refractivity contribution in [1.29, 1.82) is 0 Å². The number of aromatic nitrogens is 2. The summed E-state index contributed by atoms with van der Waals surface area (Å²) in [5.41, 5.74) is 18.1. The summed E-state index contributed by atoms with van der Waals surface area (Å²) in [5.74, 6) is 2.59. The van der Waals surface area contributed by atoms with Gasteiger partial charge in [-0.05, 0) is 173 Å². The maximum atomic E-state index is 12.2. The Bertz CT molecular complexity index is 2620. The normalized spacial score (nSPS) is 16.5. The summed E-state index contributed by atoms with van der Waals surface area (Å²) in [6.07, 6.45) is 23.4. The summed E-state index contributed by atoms with van der Waals surface area (Å²) in [5, 5.41) is 5.89. The predicted octanol–water partition coefficient (Wildman–Crippen LogP) is 14.6. The van der Waals surface area contributed by atoms with Crippen LogP contribution in [0.25, 0.3) is 33.3 Å². The van der Waals surface area contributed by atoms with Gasteiger partial charge in [-0.2, -0.15) is 0 Å². The highest BCUT2D eigenvalue weighted by Gasteiger charge is 2.34. The van der Waals surface area contributed by atoms with Crippen LogP contribution in [0.5, 0.6) is 0 Å². The highest BCUT2D eigenvalue weighted by Crippen LogP contribution is 2.43. The van der Waals surface area contributed by atoms with Crippen LogP contribution in [-0.4, -0.2) is 99.2 Å². The molecule has 3 saturated heterocycles. The molecule has 0 radical (unpaired) electrons. The average Bonchev–Trinajstić information content (AvgIpc) is 4.12. The zero-order valence-corrected chi connectivity index (χ0v) is 48.5. The molecule has 9 heteroatoms. The molecule has 2 aromatic carbocycles. The summed E-state index contributed by atoms with van der Waals surface area (Å²) in [4.78, 5) is 23.7. The van der Waals surface area contributed by atoms with E-state index < -0.39 is 0 Å². The van der Waals surface area contributed by atoms with Crippen LogP contribution in [0.15, 0.2) is 122 Å². The van der Waals surface area contributed by atoms with E-state index >= 15 is 0 Å². The van der Waals surface area contributed by atoms with Gasteiger partial charge in [0.1, 0.15) is 0 Å². The third-order valence-corrected chi connectivity index (χ3v) is 15.6. The Kier molecular flexibility index (Phi) is 23.1. The lowest BCUT2D eigenvalue weighted by Crippen LogP contribution is -2.50. The Morgan fingerprint density at radius 2 is 1.68 bits per heavy atom. The lowest BCUT2D eigenvalue weighted by Gasteiger charge is -2.39. The van der Waals surface area contributed by atoms with E-state index in [1.54, 1.807) is 4.90 Å². The van der Waals surface area contributed by atoms with Gasteiger partial charge < -0.3 is 24.7 Å². The van der Waals surface area contributed by atoms with E-state index in [-0.39, 0.29) is 23.3 Å². The van der Waals surface area contributed by atoms with Crippen LogP contribution in [0, 0.1) is 23.7 Å². The molecule has 0 saturated carbocycles. The van der Waals surface area contributed by atoms with Gasteiger partial charge in [0.15, 0.2) is 0 Å². The third-order valence-electron chi connectivity index (χ3n) is 15.6. The Hall–Kier alpha value is -5.82. The highest BCUT2D eigenvalue weighted by atomic mass is 16.2. The molecule has 2 aromatic heterocycles. The van der Waals surface area contributed by atoms with Gasteiger partial charge in [-0.1, -0.05) is 124 Å². The van der Waals surface area contributed by atoms with Crippen LogP contribution in [-0.2, 0) is 24.2 Å². The molecule has 1 amide bonds. The molecule has 7 rings (SSSR count). The van der Waals surface area contributed by atoms with Crippen molar-refractivity contribution in [2.45, 2.75) is 158 Å². The molecular weight excluding hydrogens is 921 g/mol. The minimum absolute atomic E-state index is 0.0366. The number of allylic oxidation sites excluding steroid dienone is 3. The number of fused-ring (bicyclic) bond motifs is 1. The van der Waals surface area contributed by atoms with Gasteiger partial charge in [0.05, 0.1) is 17.4 Å². The Morgan fingerprint density at radius 1 is 0.947 bits per heavy atom. The van der Waals surface area contributed by atoms with Crippen LogP contribution >= 0.6 is 0 Å². The number of pyridine rings is 1. The number of hydrogen-bond acceptors (Lipinski definition) is 7. The first-order chi connectivity index (χ1) is 36.1. The van der Waals surface area contributed by atoms with Crippen molar-refractivity contribution in [3.05, 3.63) is 139 Å². The van der Waals surface area contributed by atoms with Crippen molar-refractivity contribution < 1.29 is 4.79 Å². The number of likely N-dealkylation sites (tertiary alicyclic amines) is 2. The number of piperidine rings is 1. The van der Waals surface area contributed by atoms with E-state index in [1.165, 1.54) is 82.5 Å². The largest absolute Gasteiger partial charge is 0.363 e. The highest BCUT2D eigenvalue weighted by molar-refractivity contribution is 5.95. The zero-order chi connectivity index (χ0) is 54.8. The van der Waals surface area contributed by atoms with E-state index in [1.807, 2.05) is 33.0 Å². The molecule has 3 fully saturated rings. The second-order valence-corrected chi connectivity index (χ2v) is 21.9.